The molecule has 0 bridgehead atoms. The van der Waals surface area contributed by atoms with Gasteiger partial charge in [-0.2, -0.15) is 9.59 Å². The number of hydrogen-bond donors (Lipinski definition) is 4. The minimum absolute atomic E-state index is 0. The first kappa shape index (κ1) is 20.6. The van der Waals surface area contributed by atoms with Crippen molar-refractivity contribution in [3.63, 3.8) is 0 Å². The molecule has 2 atom stereocenters. The van der Waals surface area contributed by atoms with Crippen molar-refractivity contribution < 1.29 is 19.6 Å². The van der Waals surface area contributed by atoms with Crippen LogP contribution in [0.25, 0.3) is 0 Å². The SMILES string of the molecule is C.NC(CCCCB(O)O)C[C@H]1CCCN1.O=C=O. The summed E-state index contributed by atoms with van der Waals surface area (Å²) in [6.45, 7) is 1.13. The Hall–Kier alpha value is -0.715. The molecular weight excluding hydrogens is 247 g/mol. The van der Waals surface area contributed by atoms with Crippen molar-refractivity contribution >= 4 is 13.3 Å². The van der Waals surface area contributed by atoms with Crippen molar-refractivity contribution in [1.82, 2.24) is 5.32 Å². The predicted octanol–water partition coefficient (Wildman–Crippen LogP) is 0.152. The molecule has 0 spiro atoms. The number of rotatable bonds is 7. The number of carbonyl (C=O) groups excluding carboxylic acids is 2. The third-order valence-electron chi connectivity index (χ3n) is 3.04. The van der Waals surface area contributed by atoms with E-state index in [9.17, 15) is 0 Å². The zero-order chi connectivity index (χ0) is 13.8. The standard InChI is InChI=1S/C10H23BN2O2.CO2.CH4/c12-9(4-1-2-6-11(14)15)8-10-5-3-7-13-10;2-1-3;/h9-10,13-15H,1-8,12H2;;1H4/t9?,10-;;/m1../s1. The first-order valence-electron chi connectivity index (χ1n) is 6.44. The molecule has 112 valence electrons. The molecule has 1 fully saturated rings. The molecule has 0 aromatic carbocycles. The van der Waals surface area contributed by atoms with Gasteiger partial charge in [0.2, 0.25) is 0 Å². The highest BCUT2D eigenvalue weighted by Gasteiger charge is 2.17. The van der Waals surface area contributed by atoms with Crippen LogP contribution in [-0.2, 0) is 9.59 Å². The fraction of sp³-hybridized carbons (Fsp3) is 0.917. The van der Waals surface area contributed by atoms with Gasteiger partial charge in [0.05, 0.1) is 0 Å². The van der Waals surface area contributed by atoms with Crippen molar-refractivity contribution in [2.24, 2.45) is 5.73 Å². The Balaban J connectivity index is 0. The first-order chi connectivity index (χ1) is 8.60. The van der Waals surface area contributed by atoms with E-state index in [1.165, 1.54) is 12.8 Å². The third-order valence-corrected chi connectivity index (χ3v) is 3.04. The molecule has 6 nitrogen and oxygen atoms in total. The second kappa shape index (κ2) is 13.7. The van der Waals surface area contributed by atoms with Crippen LogP contribution in [0.15, 0.2) is 0 Å². The van der Waals surface area contributed by atoms with Crippen LogP contribution < -0.4 is 11.1 Å². The van der Waals surface area contributed by atoms with Crippen LogP contribution >= 0.6 is 0 Å². The minimum Gasteiger partial charge on any atom is -0.427 e. The van der Waals surface area contributed by atoms with E-state index in [0.29, 0.717) is 12.4 Å². The zero-order valence-electron chi connectivity index (χ0n) is 10.7. The predicted molar refractivity (Wildman–Crippen MR) is 74.2 cm³/mol. The van der Waals surface area contributed by atoms with Gasteiger partial charge in [0.1, 0.15) is 0 Å². The number of nitrogens with two attached hydrogens (primary N) is 1. The first-order valence-corrected chi connectivity index (χ1v) is 6.44. The maximum atomic E-state index is 8.66. The second-order valence-electron chi connectivity index (χ2n) is 4.64. The van der Waals surface area contributed by atoms with E-state index in [4.69, 9.17) is 25.4 Å². The lowest BCUT2D eigenvalue weighted by Gasteiger charge is -2.16. The average molecular weight is 274 g/mol. The molecule has 0 amide bonds. The Bertz CT molecular complexity index is 230. The van der Waals surface area contributed by atoms with Crippen LogP contribution in [0, 0.1) is 0 Å². The quantitative estimate of drug-likeness (QED) is 0.388. The summed E-state index contributed by atoms with van der Waals surface area (Å²) in [6.07, 6.45) is 7.13. The highest BCUT2D eigenvalue weighted by atomic mass is 16.4. The van der Waals surface area contributed by atoms with Crippen molar-refractivity contribution in [1.29, 1.82) is 0 Å². The molecule has 1 aliphatic heterocycles. The van der Waals surface area contributed by atoms with Gasteiger partial charge in [-0.1, -0.05) is 20.3 Å². The molecule has 1 unspecified atom stereocenters. The summed E-state index contributed by atoms with van der Waals surface area (Å²) in [7, 11) is -1.15. The molecular formula is C12H27BN2O4. The van der Waals surface area contributed by atoms with Gasteiger partial charge in [0.25, 0.3) is 0 Å². The summed E-state index contributed by atoms with van der Waals surface area (Å²) in [5.74, 6) is 0. The van der Waals surface area contributed by atoms with Crippen molar-refractivity contribution in [3.05, 3.63) is 0 Å². The van der Waals surface area contributed by atoms with E-state index in [2.05, 4.69) is 5.32 Å². The highest BCUT2D eigenvalue weighted by Crippen LogP contribution is 2.13. The second-order valence-corrected chi connectivity index (χ2v) is 4.64. The van der Waals surface area contributed by atoms with Gasteiger partial charge in [-0.25, -0.2) is 0 Å². The summed E-state index contributed by atoms with van der Waals surface area (Å²) in [5.41, 5.74) is 6.01. The lowest BCUT2D eigenvalue weighted by molar-refractivity contribution is -0.191. The van der Waals surface area contributed by atoms with Crippen molar-refractivity contribution in [2.75, 3.05) is 6.54 Å². The fourth-order valence-corrected chi connectivity index (χ4v) is 2.17. The summed E-state index contributed by atoms with van der Waals surface area (Å²) in [6, 6.07) is 0.875. The minimum atomic E-state index is -1.15. The molecule has 1 rings (SSSR count). The summed E-state index contributed by atoms with van der Waals surface area (Å²) < 4.78 is 0. The lowest BCUT2D eigenvalue weighted by atomic mass is 9.83. The topological polar surface area (TPSA) is 113 Å². The molecule has 7 heteroatoms. The van der Waals surface area contributed by atoms with Crippen LogP contribution in [0.2, 0.25) is 6.32 Å². The van der Waals surface area contributed by atoms with Crippen molar-refractivity contribution in [3.8, 4) is 0 Å². The van der Waals surface area contributed by atoms with Crippen LogP contribution in [0.3, 0.4) is 0 Å². The largest absolute Gasteiger partial charge is 0.451 e. The Labute approximate surface area is 115 Å². The molecule has 19 heavy (non-hydrogen) atoms. The van der Waals surface area contributed by atoms with Crippen LogP contribution in [0.1, 0.15) is 46.0 Å². The smallest absolute Gasteiger partial charge is 0.427 e. The lowest BCUT2D eigenvalue weighted by Crippen LogP contribution is -2.31. The van der Waals surface area contributed by atoms with Gasteiger partial charge < -0.3 is 21.1 Å². The van der Waals surface area contributed by atoms with Gasteiger partial charge in [0, 0.05) is 12.1 Å². The molecule has 0 aliphatic carbocycles. The molecule has 0 aromatic rings. The summed E-state index contributed by atoms with van der Waals surface area (Å²) >= 11 is 0. The maximum absolute atomic E-state index is 8.66. The Morgan fingerprint density at radius 1 is 1.37 bits per heavy atom. The van der Waals surface area contributed by atoms with E-state index >= 15 is 0 Å². The average Bonchev–Trinajstić information content (AvgIpc) is 2.78. The van der Waals surface area contributed by atoms with Crippen LogP contribution in [0.4, 0.5) is 0 Å². The van der Waals surface area contributed by atoms with Crippen LogP contribution in [0.5, 0.6) is 0 Å². The molecule has 1 saturated heterocycles. The van der Waals surface area contributed by atoms with Gasteiger partial charge in [-0.15, -0.1) is 0 Å². The highest BCUT2D eigenvalue weighted by molar-refractivity contribution is 6.40. The monoisotopic (exact) mass is 274 g/mol. The molecule has 1 aliphatic rings. The van der Waals surface area contributed by atoms with E-state index in [0.717, 1.165) is 32.2 Å². The molecule has 1 heterocycles. The Morgan fingerprint density at radius 2 is 2.00 bits per heavy atom. The maximum Gasteiger partial charge on any atom is 0.451 e. The number of nitrogens with one attached hydrogen (secondary N) is 1. The van der Waals surface area contributed by atoms with Gasteiger partial charge in [-0.3, -0.25) is 0 Å². The van der Waals surface area contributed by atoms with Gasteiger partial charge in [-0.05, 0) is 38.5 Å². The van der Waals surface area contributed by atoms with Crippen LogP contribution in [-0.4, -0.2) is 41.9 Å². The molecule has 0 aromatic heterocycles. The third kappa shape index (κ3) is 13.5. The van der Waals surface area contributed by atoms with E-state index in [1.807, 2.05) is 0 Å². The molecule has 0 radical (unpaired) electrons. The fourth-order valence-electron chi connectivity index (χ4n) is 2.17. The van der Waals surface area contributed by atoms with E-state index in [1.54, 1.807) is 0 Å². The van der Waals surface area contributed by atoms with E-state index < -0.39 is 7.12 Å². The Kier molecular flexibility index (Phi) is 14.9. The summed E-state index contributed by atoms with van der Waals surface area (Å²) in [4.78, 5) is 16.2. The normalized spacial score (nSPS) is 18.6. The number of hydrogen-bond acceptors (Lipinski definition) is 6. The van der Waals surface area contributed by atoms with Gasteiger partial charge >= 0.3 is 13.3 Å². The zero-order valence-corrected chi connectivity index (χ0v) is 10.7. The van der Waals surface area contributed by atoms with E-state index in [-0.39, 0.29) is 19.6 Å². The molecule has 0 saturated carbocycles. The summed E-state index contributed by atoms with van der Waals surface area (Å²) in [5, 5.41) is 20.8. The van der Waals surface area contributed by atoms with Gasteiger partial charge in [0.15, 0.2) is 0 Å². The van der Waals surface area contributed by atoms with Crippen molar-refractivity contribution in [2.45, 2.75) is 64.4 Å². The molecule has 5 N–H and O–H groups in total. The Morgan fingerprint density at radius 3 is 2.47 bits per heavy atom. The number of unbranched alkanes of at least 4 members (excludes halogenated alkanes) is 1.